The van der Waals surface area contributed by atoms with Gasteiger partial charge in [-0.25, -0.2) is 27.0 Å². The minimum absolute atomic E-state index is 0.00561. The fraction of sp³-hybridized carbons (Fsp3) is 0.143. The highest BCUT2D eigenvalue weighted by Crippen LogP contribution is 2.19. The molecule has 0 aliphatic carbocycles. The predicted molar refractivity (Wildman–Crippen MR) is 160 cm³/mol. The third kappa shape index (κ3) is 8.74. The molecular formula is C28H26Cl2N4O6S2. The fourth-order valence-electron chi connectivity index (χ4n) is 3.72. The number of carbonyl (C=O) groups is 1. The smallest absolute Gasteiger partial charge is 0.255 e. The van der Waals surface area contributed by atoms with Gasteiger partial charge in [0.15, 0.2) is 0 Å². The molecule has 42 heavy (non-hydrogen) atoms. The molecule has 0 unspecified atom stereocenters. The second-order valence-electron chi connectivity index (χ2n) is 8.90. The molecule has 1 amide bonds. The van der Waals surface area contributed by atoms with Gasteiger partial charge in [0.1, 0.15) is 11.5 Å². The Morgan fingerprint density at radius 1 is 0.833 bits per heavy atom. The zero-order chi connectivity index (χ0) is 30.2. The van der Waals surface area contributed by atoms with E-state index in [9.17, 15) is 21.6 Å². The van der Waals surface area contributed by atoms with Gasteiger partial charge >= 0.3 is 0 Å². The number of carbonyl (C=O) groups excluding carboxylic acids is 1. The van der Waals surface area contributed by atoms with E-state index in [4.69, 9.17) is 27.6 Å². The van der Waals surface area contributed by atoms with Gasteiger partial charge < -0.3 is 4.42 Å². The van der Waals surface area contributed by atoms with Crippen LogP contribution in [0.25, 0.3) is 0 Å². The van der Waals surface area contributed by atoms with E-state index < -0.39 is 32.5 Å². The first-order valence-electron chi connectivity index (χ1n) is 12.5. The summed E-state index contributed by atoms with van der Waals surface area (Å²) in [5, 5.41) is 4.65. The maximum absolute atomic E-state index is 13.3. The number of halogens is 2. The molecule has 220 valence electrons. The van der Waals surface area contributed by atoms with Crippen molar-refractivity contribution in [3.63, 3.8) is 0 Å². The number of amides is 1. The normalized spacial score (nSPS) is 12.2. The van der Waals surface area contributed by atoms with E-state index in [0.717, 1.165) is 9.87 Å². The summed E-state index contributed by atoms with van der Waals surface area (Å²) in [4.78, 5) is 12.8. The first-order valence-corrected chi connectivity index (χ1v) is 16.2. The third-order valence-corrected chi connectivity index (χ3v) is 9.67. The Morgan fingerprint density at radius 2 is 1.45 bits per heavy atom. The highest BCUT2D eigenvalue weighted by Gasteiger charge is 2.26. The lowest BCUT2D eigenvalue weighted by Gasteiger charge is -2.21. The lowest BCUT2D eigenvalue weighted by Crippen LogP contribution is -2.40. The van der Waals surface area contributed by atoms with E-state index in [-0.39, 0.29) is 28.6 Å². The highest BCUT2D eigenvalue weighted by atomic mass is 35.5. The van der Waals surface area contributed by atoms with E-state index in [0.29, 0.717) is 22.2 Å². The lowest BCUT2D eigenvalue weighted by molar-refractivity contribution is -0.121. The molecule has 0 aliphatic rings. The zero-order valence-electron chi connectivity index (χ0n) is 22.0. The Balaban J connectivity index is 1.36. The molecule has 0 spiro atoms. The van der Waals surface area contributed by atoms with Crippen LogP contribution >= 0.6 is 23.2 Å². The molecular weight excluding hydrogens is 623 g/mol. The number of hydrogen-bond donors (Lipinski definition) is 2. The van der Waals surface area contributed by atoms with Gasteiger partial charge in [-0.15, -0.1) is 0 Å². The first kappa shape index (κ1) is 31.4. The van der Waals surface area contributed by atoms with Gasteiger partial charge in [-0.05, 0) is 72.6 Å². The molecule has 0 saturated heterocycles. The summed E-state index contributed by atoms with van der Waals surface area (Å²) in [6.07, 6.45) is 1.61. The second kappa shape index (κ2) is 14.1. The SMILES string of the molecule is O=C(CN(CCc1ccccc1)S(=O)(=O)c1ccc(Cl)cc1)N/N=C\c1ccc(CNS(=O)(=O)c2ccc(Cl)cc2)o1. The summed E-state index contributed by atoms with van der Waals surface area (Å²) in [6.45, 7) is -0.547. The molecule has 4 aromatic rings. The first-order chi connectivity index (χ1) is 20.0. The predicted octanol–water partition coefficient (Wildman–Crippen LogP) is 4.45. The molecule has 2 N–H and O–H groups in total. The van der Waals surface area contributed by atoms with E-state index in [1.165, 1.54) is 54.7 Å². The van der Waals surface area contributed by atoms with Crippen LogP contribution < -0.4 is 10.1 Å². The number of rotatable bonds is 13. The second-order valence-corrected chi connectivity index (χ2v) is 13.5. The van der Waals surface area contributed by atoms with Crippen LogP contribution in [0.15, 0.2) is 110 Å². The highest BCUT2D eigenvalue weighted by molar-refractivity contribution is 7.89. The molecule has 0 saturated carbocycles. The molecule has 4 rings (SSSR count). The van der Waals surface area contributed by atoms with Gasteiger partial charge in [-0.1, -0.05) is 53.5 Å². The number of hydrazone groups is 1. The lowest BCUT2D eigenvalue weighted by atomic mass is 10.1. The molecule has 0 aliphatic heterocycles. The van der Waals surface area contributed by atoms with E-state index in [2.05, 4.69) is 15.2 Å². The largest absolute Gasteiger partial charge is 0.459 e. The maximum Gasteiger partial charge on any atom is 0.255 e. The summed E-state index contributed by atoms with van der Waals surface area (Å²) in [7, 11) is -7.80. The van der Waals surface area contributed by atoms with E-state index in [1.54, 1.807) is 12.1 Å². The van der Waals surface area contributed by atoms with E-state index in [1.807, 2.05) is 30.3 Å². The van der Waals surface area contributed by atoms with Gasteiger partial charge in [-0.2, -0.15) is 9.41 Å². The standard InChI is InChI=1S/C28H26Cl2N4O6S2/c29-22-6-12-26(13-7-22)41(36,37)32-19-25-11-10-24(40-25)18-31-33-28(35)20-34(17-16-21-4-2-1-3-5-21)42(38,39)27-14-8-23(30)9-15-27/h1-15,18,32H,16-17,19-20H2,(H,33,35)/b31-18-. The van der Waals surface area contributed by atoms with Crippen molar-refractivity contribution >= 4 is 55.4 Å². The van der Waals surface area contributed by atoms with Crippen LogP contribution in [0.3, 0.4) is 0 Å². The van der Waals surface area contributed by atoms with Crippen molar-refractivity contribution in [2.24, 2.45) is 5.10 Å². The number of sulfonamides is 2. The Morgan fingerprint density at radius 3 is 2.10 bits per heavy atom. The van der Waals surface area contributed by atoms with Crippen LogP contribution in [-0.2, 0) is 37.8 Å². The van der Waals surface area contributed by atoms with Crippen LogP contribution in [0.1, 0.15) is 17.1 Å². The summed E-state index contributed by atoms with van der Waals surface area (Å²) >= 11 is 11.7. The summed E-state index contributed by atoms with van der Waals surface area (Å²) in [5.74, 6) is -0.119. The Labute approximate surface area is 254 Å². The van der Waals surface area contributed by atoms with Crippen molar-refractivity contribution in [2.45, 2.75) is 22.8 Å². The number of furan rings is 1. The Hall–Kier alpha value is -3.52. The molecule has 0 radical (unpaired) electrons. The molecule has 0 fully saturated rings. The fourth-order valence-corrected chi connectivity index (χ4v) is 6.37. The monoisotopic (exact) mass is 648 g/mol. The van der Waals surface area contributed by atoms with Crippen molar-refractivity contribution < 1.29 is 26.0 Å². The molecule has 1 heterocycles. The van der Waals surface area contributed by atoms with Crippen LogP contribution in [0.2, 0.25) is 10.0 Å². The molecule has 1 aromatic heterocycles. The van der Waals surface area contributed by atoms with Crippen molar-refractivity contribution in [1.29, 1.82) is 0 Å². The summed E-state index contributed by atoms with van der Waals surface area (Å²) in [5.41, 5.74) is 3.22. The Bertz CT molecular complexity index is 1740. The number of nitrogens with one attached hydrogen (secondary N) is 2. The zero-order valence-corrected chi connectivity index (χ0v) is 25.1. The number of nitrogens with zero attached hydrogens (tertiary/aromatic N) is 2. The minimum atomic E-state index is -4.02. The minimum Gasteiger partial charge on any atom is -0.459 e. The van der Waals surface area contributed by atoms with Crippen LogP contribution in [0.5, 0.6) is 0 Å². The van der Waals surface area contributed by atoms with Crippen molar-refractivity contribution in [2.75, 3.05) is 13.1 Å². The molecule has 3 aromatic carbocycles. The molecule has 0 bridgehead atoms. The van der Waals surface area contributed by atoms with Crippen molar-refractivity contribution in [3.8, 4) is 0 Å². The average Bonchev–Trinajstić information content (AvgIpc) is 3.43. The van der Waals surface area contributed by atoms with Crippen LogP contribution in [0, 0.1) is 0 Å². The van der Waals surface area contributed by atoms with E-state index >= 15 is 0 Å². The van der Waals surface area contributed by atoms with Gasteiger partial charge in [-0.3, -0.25) is 4.79 Å². The number of benzene rings is 3. The van der Waals surface area contributed by atoms with Gasteiger partial charge in [0.2, 0.25) is 20.0 Å². The van der Waals surface area contributed by atoms with Crippen LogP contribution in [-0.4, -0.2) is 46.4 Å². The summed E-state index contributed by atoms with van der Waals surface area (Å²) < 4.78 is 60.6. The number of hydrogen-bond acceptors (Lipinski definition) is 7. The summed E-state index contributed by atoms with van der Waals surface area (Å²) in [6, 6.07) is 23.8. The molecule has 0 atom stereocenters. The molecule has 10 nitrogen and oxygen atoms in total. The van der Waals surface area contributed by atoms with Gasteiger partial charge in [0.05, 0.1) is 29.1 Å². The van der Waals surface area contributed by atoms with Crippen molar-refractivity contribution in [1.82, 2.24) is 14.5 Å². The quantitative estimate of drug-likeness (QED) is 0.162. The molecule has 14 heteroatoms. The topological polar surface area (TPSA) is 138 Å². The average molecular weight is 650 g/mol. The van der Waals surface area contributed by atoms with Gasteiger partial charge in [0, 0.05) is 16.6 Å². The Kier molecular flexibility index (Phi) is 10.5. The maximum atomic E-state index is 13.3. The third-order valence-electron chi connectivity index (χ3n) is 5.89. The van der Waals surface area contributed by atoms with Crippen LogP contribution in [0.4, 0.5) is 0 Å². The van der Waals surface area contributed by atoms with Gasteiger partial charge in [0.25, 0.3) is 5.91 Å². The van der Waals surface area contributed by atoms with Crippen molar-refractivity contribution in [3.05, 3.63) is 118 Å².